The first kappa shape index (κ1) is 21.2. The van der Waals surface area contributed by atoms with Crippen molar-refractivity contribution in [1.29, 1.82) is 0 Å². The molecular weight excluding hydrogens is 414 g/mol. The zero-order valence-electron chi connectivity index (χ0n) is 18.0. The number of ketones is 1. The van der Waals surface area contributed by atoms with E-state index in [1.165, 1.54) is 18.4 Å². The molecule has 0 radical (unpaired) electrons. The zero-order chi connectivity index (χ0) is 22.1. The average Bonchev–Trinajstić information content (AvgIpc) is 3.31. The fraction of sp³-hybridized carbons (Fsp3) is 0.333. The normalized spacial score (nSPS) is 20.8. The molecule has 0 fully saturated rings. The summed E-state index contributed by atoms with van der Waals surface area (Å²) in [7, 11) is 4.61. The van der Waals surface area contributed by atoms with Crippen LogP contribution in [-0.2, 0) is 14.3 Å². The summed E-state index contributed by atoms with van der Waals surface area (Å²) in [6.45, 7) is 1.86. The third-order valence-electron chi connectivity index (χ3n) is 5.94. The summed E-state index contributed by atoms with van der Waals surface area (Å²) in [5.74, 6) is 0.593. The Morgan fingerprint density at radius 2 is 1.94 bits per heavy atom. The average molecular weight is 440 g/mol. The number of rotatable bonds is 5. The number of thiophene rings is 1. The molecule has 0 spiro atoms. The lowest BCUT2D eigenvalue weighted by Crippen LogP contribution is -2.35. The van der Waals surface area contributed by atoms with Crippen LogP contribution in [0.25, 0.3) is 0 Å². The Morgan fingerprint density at radius 3 is 2.58 bits per heavy atom. The quantitative estimate of drug-likeness (QED) is 0.701. The van der Waals surface area contributed by atoms with Crippen molar-refractivity contribution in [2.75, 3.05) is 21.3 Å². The van der Waals surface area contributed by atoms with Gasteiger partial charge < -0.3 is 19.5 Å². The summed E-state index contributed by atoms with van der Waals surface area (Å²) in [6.07, 6.45) is 0.970. The summed E-state index contributed by atoms with van der Waals surface area (Å²) in [5, 5.41) is 5.30. The van der Waals surface area contributed by atoms with Gasteiger partial charge in [-0.25, -0.2) is 4.79 Å². The van der Waals surface area contributed by atoms with Crippen LogP contribution in [0.15, 0.2) is 58.3 Å². The minimum atomic E-state index is -0.417. The maximum absolute atomic E-state index is 13.5. The van der Waals surface area contributed by atoms with Crippen LogP contribution in [0.4, 0.5) is 0 Å². The van der Waals surface area contributed by atoms with Crippen molar-refractivity contribution in [3.8, 4) is 11.5 Å². The number of benzene rings is 1. The predicted molar refractivity (Wildman–Crippen MR) is 118 cm³/mol. The number of Topliss-reactive ketones (excluding diaryl/α,β-unsaturated/α-hetero) is 1. The number of nitrogens with one attached hydrogen (secondary N) is 1. The van der Waals surface area contributed by atoms with Crippen molar-refractivity contribution in [3.05, 3.63) is 68.7 Å². The van der Waals surface area contributed by atoms with Crippen LogP contribution in [0.5, 0.6) is 11.5 Å². The summed E-state index contributed by atoms with van der Waals surface area (Å²) >= 11 is 1.54. The minimum absolute atomic E-state index is 0.0240. The van der Waals surface area contributed by atoms with E-state index in [-0.39, 0.29) is 11.7 Å². The number of carbonyl (C=O) groups excluding carboxylic acids is 2. The molecule has 4 rings (SSSR count). The molecule has 0 saturated heterocycles. The molecule has 1 aliphatic heterocycles. The maximum atomic E-state index is 13.5. The Balaban J connectivity index is 1.79. The van der Waals surface area contributed by atoms with Gasteiger partial charge in [-0.1, -0.05) is 6.07 Å². The van der Waals surface area contributed by atoms with E-state index >= 15 is 0 Å². The Labute approximate surface area is 185 Å². The van der Waals surface area contributed by atoms with Gasteiger partial charge in [-0.2, -0.15) is 0 Å². The molecule has 1 aromatic carbocycles. The molecule has 2 atom stereocenters. The van der Waals surface area contributed by atoms with E-state index in [1.807, 2.05) is 42.6 Å². The molecule has 31 heavy (non-hydrogen) atoms. The summed E-state index contributed by atoms with van der Waals surface area (Å²) in [5.41, 5.74) is 3.67. The third kappa shape index (κ3) is 3.74. The van der Waals surface area contributed by atoms with Crippen molar-refractivity contribution >= 4 is 23.1 Å². The van der Waals surface area contributed by atoms with Crippen LogP contribution in [0.2, 0.25) is 0 Å². The number of dihydropyridines is 1. The molecule has 0 amide bonds. The first-order valence-electron chi connectivity index (χ1n) is 10.1. The van der Waals surface area contributed by atoms with Gasteiger partial charge in [0, 0.05) is 39.7 Å². The van der Waals surface area contributed by atoms with Crippen LogP contribution >= 0.6 is 11.3 Å². The molecule has 6 nitrogen and oxygen atoms in total. The highest BCUT2D eigenvalue weighted by Crippen LogP contribution is 2.48. The van der Waals surface area contributed by atoms with Crippen molar-refractivity contribution in [1.82, 2.24) is 5.32 Å². The first-order valence-corrected chi connectivity index (χ1v) is 10.9. The highest BCUT2D eigenvalue weighted by molar-refractivity contribution is 7.10. The second-order valence-corrected chi connectivity index (χ2v) is 8.61. The number of methoxy groups -OCH3 is 3. The standard InChI is InChI=1S/C24H25NO5S/c1-13-21(24(27)30-4)23(20-6-5-9-31-20)22-17(25-13)10-14(11-18(22)26)16-12-15(28-2)7-8-19(16)29-3/h5-9,12,14,23,25H,10-11H2,1-4H3/t14-,23-/m0/s1. The predicted octanol–water partition coefficient (Wildman–Crippen LogP) is 4.30. The van der Waals surface area contributed by atoms with E-state index in [0.29, 0.717) is 24.0 Å². The number of hydrogen-bond acceptors (Lipinski definition) is 7. The molecule has 0 bridgehead atoms. The lowest BCUT2D eigenvalue weighted by atomic mass is 9.73. The van der Waals surface area contributed by atoms with Gasteiger partial charge in [0.15, 0.2) is 5.78 Å². The zero-order valence-corrected chi connectivity index (χ0v) is 18.8. The largest absolute Gasteiger partial charge is 0.497 e. The van der Waals surface area contributed by atoms with Crippen LogP contribution in [-0.4, -0.2) is 33.1 Å². The van der Waals surface area contributed by atoms with Gasteiger partial charge in [0.05, 0.1) is 32.8 Å². The number of carbonyl (C=O) groups is 2. The molecule has 1 N–H and O–H groups in total. The van der Waals surface area contributed by atoms with Crippen molar-refractivity contribution in [3.63, 3.8) is 0 Å². The van der Waals surface area contributed by atoms with Crippen molar-refractivity contribution < 1.29 is 23.8 Å². The van der Waals surface area contributed by atoms with E-state index in [2.05, 4.69) is 5.32 Å². The van der Waals surface area contributed by atoms with Gasteiger partial charge in [0.25, 0.3) is 0 Å². The first-order chi connectivity index (χ1) is 15.0. The van der Waals surface area contributed by atoms with Crippen LogP contribution in [0.1, 0.15) is 42.0 Å². The van der Waals surface area contributed by atoms with Gasteiger partial charge in [-0.15, -0.1) is 11.3 Å². The molecular formula is C24H25NO5S. The second-order valence-electron chi connectivity index (χ2n) is 7.63. The van der Waals surface area contributed by atoms with Crippen LogP contribution in [0.3, 0.4) is 0 Å². The van der Waals surface area contributed by atoms with Gasteiger partial charge in [-0.05, 0) is 43.0 Å². The van der Waals surface area contributed by atoms with E-state index in [1.54, 1.807) is 14.2 Å². The Bertz CT molecular complexity index is 1080. The Kier molecular flexibility index (Phi) is 5.87. The lowest BCUT2D eigenvalue weighted by molar-refractivity contribution is -0.136. The molecule has 7 heteroatoms. The second kappa shape index (κ2) is 8.59. The highest BCUT2D eigenvalue weighted by atomic mass is 32.1. The van der Waals surface area contributed by atoms with Crippen molar-refractivity contribution in [2.45, 2.75) is 31.6 Å². The molecule has 2 aromatic rings. The topological polar surface area (TPSA) is 73.9 Å². The molecule has 0 saturated carbocycles. The van der Waals surface area contributed by atoms with Gasteiger partial charge in [0.2, 0.25) is 0 Å². The molecule has 2 heterocycles. The number of allylic oxidation sites excluding steroid dienone is 3. The Hall–Kier alpha value is -3.06. The summed E-state index contributed by atoms with van der Waals surface area (Å²) in [6, 6.07) is 9.55. The van der Waals surface area contributed by atoms with E-state index < -0.39 is 11.9 Å². The number of esters is 1. The number of hydrogen-bond donors (Lipinski definition) is 1. The highest BCUT2D eigenvalue weighted by Gasteiger charge is 2.42. The molecule has 1 aromatic heterocycles. The third-order valence-corrected chi connectivity index (χ3v) is 6.87. The molecule has 162 valence electrons. The van der Waals surface area contributed by atoms with Crippen LogP contribution < -0.4 is 14.8 Å². The Morgan fingerprint density at radius 1 is 1.13 bits per heavy atom. The smallest absolute Gasteiger partial charge is 0.336 e. The summed E-state index contributed by atoms with van der Waals surface area (Å²) < 4.78 is 16.0. The van der Waals surface area contributed by atoms with Gasteiger partial charge in [0.1, 0.15) is 11.5 Å². The fourth-order valence-corrected chi connectivity index (χ4v) is 5.38. The van der Waals surface area contributed by atoms with Gasteiger partial charge in [-0.3, -0.25) is 4.79 Å². The summed E-state index contributed by atoms with van der Waals surface area (Å²) in [4.78, 5) is 27.1. The fourth-order valence-electron chi connectivity index (χ4n) is 4.54. The van der Waals surface area contributed by atoms with E-state index in [0.717, 1.165) is 33.3 Å². The number of ether oxygens (including phenoxy) is 3. The maximum Gasteiger partial charge on any atom is 0.336 e. The lowest BCUT2D eigenvalue weighted by Gasteiger charge is -2.36. The van der Waals surface area contributed by atoms with E-state index in [4.69, 9.17) is 14.2 Å². The van der Waals surface area contributed by atoms with Crippen LogP contribution in [0, 0.1) is 0 Å². The SMILES string of the molecule is COC(=O)C1=C(C)NC2=C(C(=O)C[C@@H](c3cc(OC)ccc3OC)C2)[C@H]1c1cccs1. The molecule has 1 aliphatic carbocycles. The monoisotopic (exact) mass is 439 g/mol. The minimum Gasteiger partial charge on any atom is -0.497 e. The molecule has 2 aliphatic rings. The van der Waals surface area contributed by atoms with Crippen molar-refractivity contribution in [2.24, 2.45) is 0 Å². The van der Waals surface area contributed by atoms with Gasteiger partial charge >= 0.3 is 5.97 Å². The van der Waals surface area contributed by atoms with E-state index in [9.17, 15) is 9.59 Å². The molecule has 0 unspecified atom stereocenters.